The Kier molecular flexibility index (Phi) is 19.0. The van der Waals surface area contributed by atoms with Crippen molar-refractivity contribution >= 4 is 5.97 Å². The molecule has 4 rings (SSSR count). The van der Waals surface area contributed by atoms with Crippen molar-refractivity contribution in [1.29, 1.82) is 0 Å². The standard InChI is InChI=1S/C49H88O2/c1-7-8-9-10-11-12-13-14-15-16-17-18-19-20-21-22-23-24-25-29-47(50)51-42-34-36-48(5)41(38-42)30-31-43-45-33-32-44(40(4)28-26-27-39(2)3)49(45,6)37-35-46(43)48/h30,39-40,42-46H,7-29,31-38H2,1-6H3/t40?,42?,43?,44?,45?,46?,48-,49+/m0/s1. The number of rotatable bonds is 26. The smallest absolute Gasteiger partial charge is 0.306 e. The van der Waals surface area contributed by atoms with Crippen LogP contribution in [-0.4, -0.2) is 12.1 Å². The predicted molar refractivity (Wildman–Crippen MR) is 221 cm³/mol. The van der Waals surface area contributed by atoms with Crippen molar-refractivity contribution in [2.45, 2.75) is 247 Å². The van der Waals surface area contributed by atoms with Crippen molar-refractivity contribution < 1.29 is 9.53 Å². The minimum Gasteiger partial charge on any atom is -0.462 e. The highest BCUT2D eigenvalue weighted by atomic mass is 16.5. The minimum atomic E-state index is 0.0674. The maximum atomic E-state index is 12.9. The van der Waals surface area contributed by atoms with Gasteiger partial charge in [0.15, 0.2) is 0 Å². The summed E-state index contributed by atoms with van der Waals surface area (Å²) in [6.45, 7) is 15.0. The Morgan fingerprint density at radius 1 is 0.686 bits per heavy atom. The third kappa shape index (κ3) is 12.9. The number of fused-ring (bicyclic) bond motifs is 5. The van der Waals surface area contributed by atoms with Crippen molar-refractivity contribution in [2.24, 2.45) is 46.3 Å². The van der Waals surface area contributed by atoms with Crippen LogP contribution >= 0.6 is 0 Å². The summed E-state index contributed by atoms with van der Waals surface area (Å²) in [5.74, 6) is 5.34. The van der Waals surface area contributed by atoms with Crippen LogP contribution in [0.1, 0.15) is 241 Å². The SMILES string of the molecule is CCCCCCCCCCCCCCCCCCCCCC(=O)OC1CC[C@@]2(C)C(=CCC3C4CCC(C(C)CCCC(C)C)[C@@]4(C)CCC32)C1. The van der Waals surface area contributed by atoms with Crippen molar-refractivity contribution in [3.63, 3.8) is 0 Å². The first-order valence-electron chi connectivity index (χ1n) is 23.6. The van der Waals surface area contributed by atoms with Gasteiger partial charge < -0.3 is 4.74 Å². The quantitative estimate of drug-likeness (QED) is 0.0508. The molecule has 0 heterocycles. The summed E-state index contributed by atoms with van der Waals surface area (Å²) in [5.41, 5.74) is 2.54. The number of hydrogen-bond donors (Lipinski definition) is 0. The van der Waals surface area contributed by atoms with Gasteiger partial charge >= 0.3 is 5.97 Å². The van der Waals surface area contributed by atoms with E-state index in [4.69, 9.17) is 4.74 Å². The molecule has 4 aliphatic carbocycles. The molecular formula is C49H88O2. The van der Waals surface area contributed by atoms with Crippen LogP contribution in [0.2, 0.25) is 0 Å². The molecule has 2 nitrogen and oxygen atoms in total. The van der Waals surface area contributed by atoms with Gasteiger partial charge in [0.25, 0.3) is 0 Å². The van der Waals surface area contributed by atoms with Crippen LogP contribution in [-0.2, 0) is 9.53 Å². The topological polar surface area (TPSA) is 26.3 Å². The monoisotopic (exact) mass is 709 g/mol. The summed E-state index contributed by atoms with van der Waals surface area (Å²) in [6.07, 6.45) is 44.3. The molecule has 0 bridgehead atoms. The van der Waals surface area contributed by atoms with E-state index in [0.29, 0.717) is 17.3 Å². The van der Waals surface area contributed by atoms with Gasteiger partial charge in [-0.3, -0.25) is 4.79 Å². The van der Waals surface area contributed by atoms with Gasteiger partial charge in [-0.05, 0) is 97.7 Å². The van der Waals surface area contributed by atoms with Crippen LogP contribution in [0.15, 0.2) is 11.6 Å². The lowest BCUT2D eigenvalue weighted by Crippen LogP contribution is -2.51. The predicted octanol–water partition coefficient (Wildman–Crippen LogP) is 15.8. The van der Waals surface area contributed by atoms with Gasteiger partial charge in [-0.25, -0.2) is 0 Å². The Morgan fingerprint density at radius 2 is 1.25 bits per heavy atom. The Bertz CT molecular complexity index is 996. The van der Waals surface area contributed by atoms with E-state index < -0.39 is 0 Å². The van der Waals surface area contributed by atoms with Crippen LogP contribution in [0.5, 0.6) is 0 Å². The zero-order chi connectivity index (χ0) is 36.5. The summed E-state index contributed by atoms with van der Waals surface area (Å²) in [6, 6.07) is 0. The lowest BCUT2D eigenvalue weighted by molar-refractivity contribution is -0.151. The number of hydrogen-bond acceptors (Lipinski definition) is 2. The lowest BCUT2D eigenvalue weighted by Gasteiger charge is -2.58. The van der Waals surface area contributed by atoms with Crippen LogP contribution in [0.4, 0.5) is 0 Å². The first-order chi connectivity index (χ1) is 24.7. The molecule has 8 atom stereocenters. The fourth-order valence-electron chi connectivity index (χ4n) is 12.3. The molecule has 3 saturated carbocycles. The second-order valence-corrected chi connectivity index (χ2v) is 19.8. The van der Waals surface area contributed by atoms with E-state index in [-0.39, 0.29) is 12.1 Å². The number of carbonyl (C=O) groups is 1. The van der Waals surface area contributed by atoms with Crippen molar-refractivity contribution in [1.82, 2.24) is 0 Å². The molecule has 0 saturated heterocycles. The van der Waals surface area contributed by atoms with E-state index in [2.05, 4.69) is 47.6 Å². The van der Waals surface area contributed by atoms with Gasteiger partial charge in [0.05, 0.1) is 0 Å². The maximum absolute atomic E-state index is 12.9. The third-order valence-electron chi connectivity index (χ3n) is 15.5. The van der Waals surface area contributed by atoms with E-state index in [1.54, 1.807) is 5.57 Å². The van der Waals surface area contributed by atoms with Crippen LogP contribution in [0.3, 0.4) is 0 Å². The van der Waals surface area contributed by atoms with Crippen LogP contribution in [0, 0.1) is 46.3 Å². The molecular weight excluding hydrogens is 621 g/mol. The largest absolute Gasteiger partial charge is 0.462 e. The highest BCUT2D eigenvalue weighted by molar-refractivity contribution is 5.69. The van der Waals surface area contributed by atoms with E-state index >= 15 is 0 Å². The van der Waals surface area contributed by atoms with Gasteiger partial charge in [-0.2, -0.15) is 0 Å². The first-order valence-corrected chi connectivity index (χ1v) is 23.6. The van der Waals surface area contributed by atoms with Crippen LogP contribution < -0.4 is 0 Å². The average molecular weight is 709 g/mol. The lowest BCUT2D eigenvalue weighted by atomic mass is 9.47. The third-order valence-corrected chi connectivity index (χ3v) is 15.5. The average Bonchev–Trinajstić information content (AvgIpc) is 3.46. The highest BCUT2D eigenvalue weighted by Gasteiger charge is 2.59. The number of esters is 1. The number of allylic oxidation sites excluding steroid dienone is 1. The van der Waals surface area contributed by atoms with Crippen molar-refractivity contribution in [3.8, 4) is 0 Å². The zero-order valence-corrected chi connectivity index (χ0v) is 35.4. The van der Waals surface area contributed by atoms with E-state index in [0.717, 1.165) is 54.8 Å². The van der Waals surface area contributed by atoms with E-state index in [1.165, 1.54) is 173 Å². The second-order valence-electron chi connectivity index (χ2n) is 19.8. The zero-order valence-electron chi connectivity index (χ0n) is 35.4. The normalized spacial score (nSPS) is 30.8. The molecule has 2 heteroatoms. The summed E-state index contributed by atoms with van der Waals surface area (Å²) in [5, 5.41) is 0. The molecule has 6 unspecified atom stereocenters. The summed E-state index contributed by atoms with van der Waals surface area (Å²) in [7, 11) is 0. The molecule has 0 radical (unpaired) electrons. The number of ether oxygens (including phenoxy) is 1. The van der Waals surface area contributed by atoms with Gasteiger partial charge in [0.2, 0.25) is 0 Å². The Labute approximate surface area is 319 Å². The molecule has 0 aliphatic heterocycles. The fourth-order valence-corrected chi connectivity index (χ4v) is 12.3. The van der Waals surface area contributed by atoms with E-state index in [1.807, 2.05) is 0 Å². The molecule has 0 aromatic carbocycles. The molecule has 0 N–H and O–H groups in total. The molecule has 3 fully saturated rings. The Morgan fingerprint density at radius 3 is 1.82 bits per heavy atom. The van der Waals surface area contributed by atoms with Crippen molar-refractivity contribution in [3.05, 3.63) is 11.6 Å². The van der Waals surface area contributed by atoms with Crippen molar-refractivity contribution in [2.75, 3.05) is 0 Å². The molecule has 296 valence electrons. The number of unbranched alkanes of at least 4 members (excludes halogenated alkanes) is 18. The molecule has 4 aliphatic rings. The van der Waals surface area contributed by atoms with Gasteiger partial charge in [-0.15, -0.1) is 0 Å². The second kappa shape index (κ2) is 22.6. The van der Waals surface area contributed by atoms with Crippen LogP contribution in [0.25, 0.3) is 0 Å². The summed E-state index contributed by atoms with van der Waals surface area (Å²) >= 11 is 0. The maximum Gasteiger partial charge on any atom is 0.306 e. The fraction of sp³-hybridized carbons (Fsp3) is 0.939. The highest BCUT2D eigenvalue weighted by Crippen LogP contribution is 2.67. The molecule has 51 heavy (non-hydrogen) atoms. The molecule has 0 aromatic rings. The molecule has 0 spiro atoms. The minimum absolute atomic E-state index is 0.0674. The van der Waals surface area contributed by atoms with Gasteiger partial charge in [-0.1, -0.05) is 188 Å². The summed E-state index contributed by atoms with van der Waals surface area (Å²) in [4.78, 5) is 12.9. The molecule has 0 amide bonds. The van der Waals surface area contributed by atoms with Gasteiger partial charge in [0.1, 0.15) is 6.10 Å². The van der Waals surface area contributed by atoms with E-state index in [9.17, 15) is 4.79 Å². The first kappa shape index (κ1) is 42.9. The number of carbonyl (C=O) groups excluding carboxylic acids is 1. The molecule has 0 aromatic heterocycles. The Hall–Kier alpha value is -0.790. The van der Waals surface area contributed by atoms with Gasteiger partial charge in [0, 0.05) is 12.8 Å². The Balaban J connectivity index is 1.03. The summed E-state index contributed by atoms with van der Waals surface area (Å²) < 4.78 is 6.15.